The third kappa shape index (κ3) is 11.7. The third-order valence-electron chi connectivity index (χ3n) is 9.39. The zero-order valence-corrected chi connectivity index (χ0v) is 30.0. The molecule has 0 aromatic heterocycles. The molecule has 2 unspecified atom stereocenters. The van der Waals surface area contributed by atoms with Gasteiger partial charge in [-0.2, -0.15) is 0 Å². The first-order valence-corrected chi connectivity index (χ1v) is 21.4. The Kier molecular flexibility index (Phi) is 14.8. The lowest BCUT2D eigenvalue weighted by Crippen LogP contribution is -2.45. The van der Waals surface area contributed by atoms with Gasteiger partial charge < -0.3 is 13.6 Å². The predicted octanol–water partition coefficient (Wildman–Crippen LogP) is 9.40. The number of methoxy groups -OCH3 is 1. The van der Waals surface area contributed by atoms with Crippen molar-refractivity contribution in [3.63, 3.8) is 0 Å². The second-order valence-electron chi connectivity index (χ2n) is 14.7. The van der Waals surface area contributed by atoms with Crippen LogP contribution in [0.1, 0.15) is 106 Å². The third-order valence-corrected chi connectivity index (χ3v) is 18.4. The van der Waals surface area contributed by atoms with Crippen molar-refractivity contribution in [3.8, 4) is 0 Å². The number of carbonyl (C=O) groups is 2. The Morgan fingerprint density at radius 2 is 1.57 bits per heavy atom. The Morgan fingerprint density at radius 3 is 2.12 bits per heavy atom. The van der Waals surface area contributed by atoms with E-state index in [-0.39, 0.29) is 40.1 Å². The van der Waals surface area contributed by atoms with Crippen LogP contribution in [0, 0.1) is 11.8 Å². The first-order valence-electron chi connectivity index (χ1n) is 15.6. The lowest BCUT2D eigenvalue weighted by atomic mass is 9.90. The molecule has 0 aliphatic heterocycles. The van der Waals surface area contributed by atoms with Crippen LogP contribution in [-0.4, -0.2) is 47.7 Å². The summed E-state index contributed by atoms with van der Waals surface area (Å²) < 4.78 is 18.4. The van der Waals surface area contributed by atoms with Crippen LogP contribution >= 0.6 is 0 Å². The van der Waals surface area contributed by atoms with Crippen LogP contribution in [-0.2, 0) is 23.2 Å². The number of hydrogen-bond donors (Lipinski definition) is 0. The summed E-state index contributed by atoms with van der Waals surface area (Å²) in [5, 5.41) is 0.295. The van der Waals surface area contributed by atoms with Crippen molar-refractivity contribution >= 4 is 28.4 Å². The van der Waals surface area contributed by atoms with E-state index in [2.05, 4.69) is 99.0 Å². The zero-order chi connectivity index (χ0) is 30.8. The largest absolute Gasteiger partial charge is 0.469 e. The maximum Gasteiger partial charge on any atom is 0.305 e. The van der Waals surface area contributed by atoms with Gasteiger partial charge in [0, 0.05) is 30.8 Å². The van der Waals surface area contributed by atoms with E-state index in [0.717, 1.165) is 44.9 Å². The molecule has 232 valence electrons. The van der Waals surface area contributed by atoms with Crippen LogP contribution in [0.5, 0.6) is 0 Å². The molecule has 0 amide bonds. The molecule has 1 rings (SSSR count). The minimum Gasteiger partial charge on any atom is -0.469 e. The number of rotatable bonds is 16. The Labute approximate surface area is 249 Å². The summed E-state index contributed by atoms with van der Waals surface area (Å²) in [5.41, 5.74) is 0. The minimum absolute atomic E-state index is 0.0576. The Balaban J connectivity index is 2.99. The molecule has 1 aliphatic carbocycles. The second-order valence-corrected chi connectivity index (χ2v) is 24.3. The molecule has 5 nitrogen and oxygen atoms in total. The summed E-state index contributed by atoms with van der Waals surface area (Å²) in [7, 11) is -2.41. The van der Waals surface area contributed by atoms with Gasteiger partial charge in [0.15, 0.2) is 16.6 Å². The molecule has 0 radical (unpaired) electrons. The van der Waals surface area contributed by atoms with Gasteiger partial charge in [-0.1, -0.05) is 79.2 Å². The van der Waals surface area contributed by atoms with Gasteiger partial charge in [-0.15, -0.1) is 0 Å². The fourth-order valence-electron chi connectivity index (χ4n) is 4.72. The molecule has 40 heavy (non-hydrogen) atoms. The van der Waals surface area contributed by atoms with Crippen molar-refractivity contribution in [2.24, 2.45) is 11.8 Å². The molecule has 7 heteroatoms. The number of allylic oxidation sites excluding steroid dienone is 3. The lowest BCUT2D eigenvalue weighted by Gasteiger charge is -2.39. The fraction of sp³-hybridized carbons (Fsp3) is 0.818. The molecule has 0 aromatic carbocycles. The maximum atomic E-state index is 13.2. The van der Waals surface area contributed by atoms with Crippen molar-refractivity contribution in [2.45, 2.75) is 155 Å². The topological polar surface area (TPSA) is 61.8 Å². The number of ether oxygens (including phenoxy) is 1. The van der Waals surface area contributed by atoms with Gasteiger partial charge in [-0.3, -0.25) is 9.59 Å². The molecule has 0 saturated heterocycles. The molecule has 0 aromatic rings. The summed E-state index contributed by atoms with van der Waals surface area (Å²) in [6.45, 7) is 25.1. The van der Waals surface area contributed by atoms with Gasteiger partial charge >= 0.3 is 5.97 Å². The number of ketones is 1. The van der Waals surface area contributed by atoms with Crippen LogP contribution in [0.15, 0.2) is 24.3 Å². The molecule has 1 fully saturated rings. The smallest absolute Gasteiger partial charge is 0.305 e. The number of esters is 1. The highest BCUT2D eigenvalue weighted by Crippen LogP contribution is 2.43. The van der Waals surface area contributed by atoms with E-state index in [1.807, 2.05) is 0 Å². The molecular formula is C33H62O5Si2. The highest BCUT2D eigenvalue weighted by Gasteiger charge is 2.46. The fourth-order valence-corrected chi connectivity index (χ4v) is 7.50. The number of carbonyl (C=O) groups excluding carboxylic acids is 2. The first kappa shape index (κ1) is 37.0. The molecular weight excluding hydrogens is 533 g/mol. The summed E-state index contributed by atoms with van der Waals surface area (Å²) in [6, 6.07) is 0. The summed E-state index contributed by atoms with van der Waals surface area (Å²) in [6.07, 6.45) is 16.4. The lowest BCUT2D eigenvalue weighted by molar-refractivity contribution is -0.140. The molecule has 1 aliphatic rings. The molecule has 0 spiro atoms. The van der Waals surface area contributed by atoms with E-state index in [1.54, 1.807) is 0 Å². The van der Waals surface area contributed by atoms with Gasteiger partial charge in [0.1, 0.15) is 5.78 Å². The van der Waals surface area contributed by atoms with Crippen molar-refractivity contribution in [1.29, 1.82) is 0 Å². The van der Waals surface area contributed by atoms with E-state index >= 15 is 0 Å². The first-order chi connectivity index (χ1) is 18.4. The average molecular weight is 595 g/mol. The van der Waals surface area contributed by atoms with E-state index in [1.165, 1.54) is 7.11 Å². The Bertz CT molecular complexity index is 848. The zero-order valence-electron chi connectivity index (χ0n) is 28.0. The predicted molar refractivity (Wildman–Crippen MR) is 174 cm³/mol. The number of unbranched alkanes of at least 4 members (excludes halogenated alkanes) is 1. The summed E-state index contributed by atoms with van der Waals surface area (Å²) >= 11 is 0. The monoisotopic (exact) mass is 594 g/mol. The van der Waals surface area contributed by atoms with Crippen LogP contribution < -0.4 is 0 Å². The van der Waals surface area contributed by atoms with Gasteiger partial charge in [0.25, 0.3) is 0 Å². The number of hydrogen-bond acceptors (Lipinski definition) is 5. The van der Waals surface area contributed by atoms with Crippen molar-refractivity contribution in [3.05, 3.63) is 24.3 Å². The Morgan fingerprint density at radius 1 is 0.950 bits per heavy atom. The van der Waals surface area contributed by atoms with E-state index in [9.17, 15) is 9.59 Å². The molecule has 4 atom stereocenters. The normalized spacial score (nSPS) is 22.0. The van der Waals surface area contributed by atoms with Crippen LogP contribution in [0.2, 0.25) is 36.3 Å². The molecule has 0 bridgehead atoms. The van der Waals surface area contributed by atoms with E-state index < -0.39 is 16.6 Å². The van der Waals surface area contributed by atoms with Crippen molar-refractivity contribution in [2.75, 3.05) is 7.11 Å². The van der Waals surface area contributed by atoms with Gasteiger partial charge in [-0.25, -0.2) is 0 Å². The minimum atomic E-state index is -2.02. The van der Waals surface area contributed by atoms with Gasteiger partial charge in [0.05, 0.1) is 13.2 Å². The Hall–Kier alpha value is -1.03. The second kappa shape index (κ2) is 16.0. The highest BCUT2D eigenvalue weighted by atomic mass is 28.4. The molecule has 0 N–H and O–H groups in total. The van der Waals surface area contributed by atoms with Gasteiger partial charge in [0.2, 0.25) is 0 Å². The van der Waals surface area contributed by atoms with E-state index in [4.69, 9.17) is 13.6 Å². The van der Waals surface area contributed by atoms with Crippen molar-refractivity contribution in [1.82, 2.24) is 0 Å². The highest BCUT2D eigenvalue weighted by molar-refractivity contribution is 6.74. The van der Waals surface area contributed by atoms with Crippen LogP contribution in [0.3, 0.4) is 0 Å². The van der Waals surface area contributed by atoms with Gasteiger partial charge in [-0.05, 0) is 74.8 Å². The van der Waals surface area contributed by atoms with Crippen LogP contribution in [0.25, 0.3) is 0 Å². The quantitative estimate of drug-likeness (QED) is 0.0771. The standard InChI is InChI=1S/C33H62O5Si2/c1-13-20-26(37-39(9,10)32(2,3)4)21-18-19-23-28-27(22-16-14-15-17-24-31(35)36-8)29(34)25-30(28)38-40(11,12)33(5,6)7/h14,16,19,23,26-28,30H,13,15,17-18,20-22,24-25H2,1-12H3/b16-14-,23-19+/t26?,27-,28-,30?/m1/s1. The maximum absolute atomic E-state index is 13.2. The SMILES string of the molecule is CCCC(CC/C=C/[C@H]1C(O[Si](C)(C)C(C)(C)C)CC(=O)[C@@H]1C/C=C\CCCC(=O)OC)O[Si](C)(C)C(C)(C)C. The van der Waals surface area contributed by atoms with Crippen molar-refractivity contribution < 1.29 is 23.2 Å². The van der Waals surface area contributed by atoms with Crippen LogP contribution in [0.4, 0.5) is 0 Å². The summed E-state index contributed by atoms with van der Waals surface area (Å²) in [5.74, 6) is 0.166. The number of Topliss-reactive ketones (excluding diaryl/α,β-unsaturated/α-hetero) is 1. The molecule has 0 heterocycles. The summed E-state index contributed by atoms with van der Waals surface area (Å²) in [4.78, 5) is 24.6. The average Bonchev–Trinajstić information content (AvgIpc) is 3.10. The molecule has 1 saturated carbocycles. The van der Waals surface area contributed by atoms with E-state index in [0.29, 0.717) is 18.6 Å².